The van der Waals surface area contributed by atoms with E-state index < -0.39 is 0 Å². The summed E-state index contributed by atoms with van der Waals surface area (Å²) >= 11 is 0. The number of carbonyl (C=O) groups is 1. The molecule has 0 aromatic heterocycles. The van der Waals surface area contributed by atoms with Crippen LogP contribution >= 0.6 is 0 Å². The molecule has 0 saturated carbocycles. The minimum Gasteiger partial charge on any atom is -0.339 e. The van der Waals surface area contributed by atoms with Crippen molar-refractivity contribution in [2.24, 2.45) is 5.73 Å². The van der Waals surface area contributed by atoms with Crippen LogP contribution in [0.25, 0.3) is 0 Å². The molecule has 3 nitrogen and oxygen atoms in total. The number of rotatable bonds is 6. The quantitative estimate of drug-likeness (QED) is 0.883. The Labute approximate surface area is 132 Å². The van der Waals surface area contributed by atoms with E-state index in [4.69, 9.17) is 5.73 Å². The van der Waals surface area contributed by atoms with Gasteiger partial charge in [0.2, 0.25) is 5.91 Å². The van der Waals surface area contributed by atoms with Gasteiger partial charge in [-0.15, -0.1) is 0 Å². The Balaban J connectivity index is 1.89. The number of hydrogen-bond donors (Lipinski definition) is 1. The molecule has 0 heterocycles. The van der Waals surface area contributed by atoms with Crippen LogP contribution in [0.3, 0.4) is 0 Å². The first-order chi connectivity index (χ1) is 10.6. The van der Waals surface area contributed by atoms with Gasteiger partial charge in [0, 0.05) is 19.5 Å². The van der Waals surface area contributed by atoms with Gasteiger partial charge in [0.25, 0.3) is 0 Å². The molecule has 0 saturated heterocycles. The lowest BCUT2D eigenvalue weighted by atomic mass is 10.0. The highest BCUT2D eigenvalue weighted by molar-refractivity contribution is 5.76. The van der Waals surface area contributed by atoms with Crippen LogP contribution in [0.4, 0.5) is 0 Å². The molecule has 0 fully saturated rings. The van der Waals surface area contributed by atoms with E-state index in [1.807, 2.05) is 74.6 Å². The van der Waals surface area contributed by atoms with Crippen molar-refractivity contribution in [3.05, 3.63) is 71.8 Å². The fourth-order valence-corrected chi connectivity index (χ4v) is 2.49. The molecule has 2 N–H and O–H groups in total. The Hall–Kier alpha value is -2.13. The molecule has 0 spiro atoms. The summed E-state index contributed by atoms with van der Waals surface area (Å²) in [4.78, 5) is 14.2. The van der Waals surface area contributed by atoms with Gasteiger partial charge in [0.15, 0.2) is 0 Å². The van der Waals surface area contributed by atoms with Crippen molar-refractivity contribution in [3.8, 4) is 0 Å². The van der Waals surface area contributed by atoms with Crippen molar-refractivity contribution in [2.45, 2.75) is 31.8 Å². The van der Waals surface area contributed by atoms with E-state index >= 15 is 0 Å². The summed E-state index contributed by atoms with van der Waals surface area (Å²) in [5.41, 5.74) is 8.38. The molecule has 2 aromatic rings. The first kappa shape index (κ1) is 16.2. The zero-order valence-electron chi connectivity index (χ0n) is 13.3. The topological polar surface area (TPSA) is 46.3 Å². The highest BCUT2D eigenvalue weighted by Gasteiger charge is 2.18. The second-order valence-electron chi connectivity index (χ2n) is 5.65. The molecule has 3 heteroatoms. The largest absolute Gasteiger partial charge is 0.339 e. The normalized spacial score (nSPS) is 13.4. The molecular weight excluding hydrogens is 272 g/mol. The van der Waals surface area contributed by atoms with Crippen LogP contribution in [-0.2, 0) is 4.79 Å². The van der Waals surface area contributed by atoms with Crippen molar-refractivity contribution in [1.82, 2.24) is 4.90 Å². The van der Waals surface area contributed by atoms with Crippen LogP contribution in [0, 0.1) is 0 Å². The van der Waals surface area contributed by atoms with Crippen molar-refractivity contribution in [2.75, 3.05) is 7.05 Å². The highest BCUT2D eigenvalue weighted by atomic mass is 16.2. The number of nitrogens with two attached hydrogens (primary N) is 1. The average Bonchev–Trinajstić information content (AvgIpc) is 2.59. The summed E-state index contributed by atoms with van der Waals surface area (Å²) in [6.45, 7) is 2.05. The van der Waals surface area contributed by atoms with Crippen molar-refractivity contribution < 1.29 is 4.79 Å². The lowest BCUT2D eigenvalue weighted by Crippen LogP contribution is -2.30. The maximum atomic E-state index is 12.4. The highest BCUT2D eigenvalue weighted by Crippen LogP contribution is 2.21. The molecule has 0 aliphatic carbocycles. The van der Waals surface area contributed by atoms with Gasteiger partial charge in [-0.2, -0.15) is 0 Å². The van der Waals surface area contributed by atoms with E-state index in [1.165, 1.54) is 0 Å². The maximum absolute atomic E-state index is 12.4. The summed E-state index contributed by atoms with van der Waals surface area (Å²) in [5, 5.41) is 0. The van der Waals surface area contributed by atoms with Crippen LogP contribution < -0.4 is 5.73 Å². The predicted molar refractivity (Wildman–Crippen MR) is 90.2 cm³/mol. The second-order valence-corrected chi connectivity index (χ2v) is 5.65. The van der Waals surface area contributed by atoms with E-state index in [9.17, 15) is 4.79 Å². The molecule has 0 radical (unpaired) electrons. The molecule has 22 heavy (non-hydrogen) atoms. The first-order valence-corrected chi connectivity index (χ1v) is 7.70. The molecule has 1 amide bonds. The van der Waals surface area contributed by atoms with Gasteiger partial charge in [-0.05, 0) is 24.5 Å². The Morgan fingerprint density at radius 1 is 1.00 bits per heavy atom. The van der Waals surface area contributed by atoms with Crippen LogP contribution in [0.2, 0.25) is 0 Å². The van der Waals surface area contributed by atoms with Gasteiger partial charge >= 0.3 is 0 Å². The fraction of sp³-hybridized carbons (Fsp3) is 0.316. The minimum atomic E-state index is -0.0921. The number of amides is 1. The molecule has 2 aromatic carbocycles. The summed E-state index contributed by atoms with van der Waals surface area (Å²) in [7, 11) is 1.86. The third kappa shape index (κ3) is 4.18. The van der Waals surface area contributed by atoms with Gasteiger partial charge < -0.3 is 10.6 Å². The Morgan fingerprint density at radius 3 is 2.05 bits per heavy atom. The summed E-state index contributed by atoms with van der Waals surface area (Å²) in [6, 6.07) is 20.0. The Kier molecular flexibility index (Phi) is 5.73. The lowest BCUT2D eigenvalue weighted by Gasteiger charge is -2.26. The van der Waals surface area contributed by atoms with Crippen molar-refractivity contribution in [1.29, 1.82) is 0 Å². The second kappa shape index (κ2) is 7.76. The van der Waals surface area contributed by atoms with Gasteiger partial charge in [0.05, 0.1) is 6.04 Å². The number of carbonyl (C=O) groups excluding carboxylic acids is 1. The van der Waals surface area contributed by atoms with Crippen LogP contribution in [0.15, 0.2) is 60.7 Å². The average molecular weight is 296 g/mol. The first-order valence-electron chi connectivity index (χ1n) is 7.70. The molecule has 2 rings (SSSR count). The summed E-state index contributed by atoms with van der Waals surface area (Å²) < 4.78 is 0. The molecule has 0 aliphatic rings. The lowest BCUT2D eigenvalue weighted by molar-refractivity contribution is -0.132. The zero-order chi connectivity index (χ0) is 15.9. The van der Waals surface area contributed by atoms with E-state index in [2.05, 4.69) is 0 Å². The van der Waals surface area contributed by atoms with Gasteiger partial charge in [-0.3, -0.25) is 4.79 Å². The number of nitrogens with zero attached hydrogens (tertiary/aromatic N) is 1. The third-order valence-electron chi connectivity index (χ3n) is 4.15. The summed E-state index contributed by atoms with van der Waals surface area (Å²) in [6.07, 6.45) is 1.12. The minimum absolute atomic E-state index is 0.0710. The van der Waals surface area contributed by atoms with Gasteiger partial charge in [-0.25, -0.2) is 0 Å². The smallest absolute Gasteiger partial charge is 0.222 e. The van der Waals surface area contributed by atoms with Gasteiger partial charge in [-0.1, -0.05) is 60.7 Å². The molecule has 116 valence electrons. The van der Waals surface area contributed by atoms with Crippen LogP contribution in [0.1, 0.15) is 43.0 Å². The van der Waals surface area contributed by atoms with E-state index in [1.54, 1.807) is 4.90 Å². The molecule has 0 unspecified atom stereocenters. The van der Waals surface area contributed by atoms with E-state index in [-0.39, 0.29) is 18.0 Å². The van der Waals surface area contributed by atoms with Gasteiger partial charge in [0.1, 0.15) is 0 Å². The standard InChI is InChI=1S/C19H24N2O/c1-15(16-9-5-3-6-10-16)21(2)19(22)14-13-18(20)17-11-7-4-8-12-17/h3-12,15,18H,13-14,20H2,1-2H3/t15-,18+/m1/s1. The predicted octanol–water partition coefficient (Wildman–Crippen LogP) is 3.69. The monoisotopic (exact) mass is 296 g/mol. The Morgan fingerprint density at radius 2 is 1.50 bits per heavy atom. The number of benzene rings is 2. The third-order valence-corrected chi connectivity index (χ3v) is 4.15. The Bertz CT molecular complexity index is 583. The SMILES string of the molecule is C[C@H](c1ccccc1)N(C)C(=O)CC[C@H](N)c1ccccc1. The zero-order valence-corrected chi connectivity index (χ0v) is 13.3. The van der Waals surface area contributed by atoms with Crippen LogP contribution in [0.5, 0.6) is 0 Å². The molecular formula is C19H24N2O. The maximum Gasteiger partial charge on any atom is 0.222 e. The van der Waals surface area contributed by atoms with Crippen molar-refractivity contribution in [3.63, 3.8) is 0 Å². The van der Waals surface area contributed by atoms with E-state index in [0.29, 0.717) is 12.8 Å². The molecule has 0 aliphatic heterocycles. The van der Waals surface area contributed by atoms with Crippen molar-refractivity contribution >= 4 is 5.91 Å². The van der Waals surface area contributed by atoms with E-state index in [0.717, 1.165) is 11.1 Å². The molecule has 2 atom stereocenters. The molecule has 0 bridgehead atoms. The number of hydrogen-bond acceptors (Lipinski definition) is 2. The fourth-order valence-electron chi connectivity index (χ4n) is 2.49. The van der Waals surface area contributed by atoms with Crippen LogP contribution in [-0.4, -0.2) is 17.9 Å². The summed E-state index contributed by atoms with van der Waals surface area (Å²) in [5.74, 6) is 0.128.